The Labute approximate surface area is 208 Å². The Bertz CT molecular complexity index is 1010. The van der Waals surface area contributed by atoms with Gasteiger partial charge in [0.2, 0.25) is 0 Å². The van der Waals surface area contributed by atoms with Crippen LogP contribution in [0.5, 0.6) is 0 Å². The number of aromatic nitrogens is 2. The smallest absolute Gasteiger partial charge is 0.272 e. The molecule has 0 aromatic carbocycles. The van der Waals surface area contributed by atoms with Crippen LogP contribution in [-0.4, -0.2) is 28.1 Å². The molecule has 2 aromatic rings. The van der Waals surface area contributed by atoms with Gasteiger partial charge in [0.1, 0.15) is 0 Å². The van der Waals surface area contributed by atoms with Crippen LogP contribution in [0, 0.1) is 23.2 Å². The molecule has 1 amide bonds. The number of hydrogen-bond donors (Lipinski definition) is 1. The summed E-state index contributed by atoms with van der Waals surface area (Å²) in [6, 6.07) is 2.23. The fraction of sp³-hybridized carbons (Fsp3) is 0.680. The zero-order valence-electron chi connectivity index (χ0n) is 19.1. The van der Waals surface area contributed by atoms with Crippen molar-refractivity contribution in [3.05, 3.63) is 26.7 Å². The quantitative estimate of drug-likeness (QED) is 0.301. The van der Waals surface area contributed by atoms with Crippen LogP contribution in [-0.2, 0) is 19.4 Å². The molecule has 2 aromatic heterocycles. The van der Waals surface area contributed by atoms with Gasteiger partial charge >= 0.3 is 0 Å². The molecule has 4 aliphatic rings. The van der Waals surface area contributed by atoms with E-state index < -0.39 is 0 Å². The average Bonchev–Trinajstić information content (AvgIpc) is 3.34. The van der Waals surface area contributed by atoms with Crippen molar-refractivity contribution in [3.63, 3.8) is 0 Å². The van der Waals surface area contributed by atoms with E-state index in [1.165, 1.54) is 35.4 Å². The second kappa shape index (κ2) is 9.07. The minimum atomic E-state index is 0.0130. The third kappa shape index (κ3) is 3.98. The van der Waals surface area contributed by atoms with Crippen molar-refractivity contribution < 1.29 is 4.79 Å². The number of alkyl halides is 1. The van der Waals surface area contributed by atoms with Crippen molar-refractivity contribution in [2.24, 2.45) is 23.2 Å². The minimum absolute atomic E-state index is 0.0130. The summed E-state index contributed by atoms with van der Waals surface area (Å²) in [6.07, 6.45) is 8.90. The Kier molecular flexibility index (Phi) is 6.50. The second-order valence-electron chi connectivity index (χ2n) is 10.5. The van der Waals surface area contributed by atoms with E-state index in [1.807, 2.05) is 0 Å². The lowest BCUT2D eigenvalue weighted by atomic mass is 9.45. The number of carbonyl (C=O) groups excluding carboxylic acids is 1. The summed E-state index contributed by atoms with van der Waals surface area (Å²) in [5.74, 6) is 2.96. The van der Waals surface area contributed by atoms with E-state index in [0.717, 1.165) is 66.4 Å². The number of thiophene rings is 1. The molecule has 0 saturated heterocycles. The highest BCUT2D eigenvalue weighted by molar-refractivity contribution is 9.11. The Hall–Kier alpha value is -0.850. The molecular weight excluding hydrogens is 506 g/mol. The van der Waals surface area contributed by atoms with E-state index in [9.17, 15) is 4.79 Å². The van der Waals surface area contributed by atoms with Gasteiger partial charge in [0.25, 0.3) is 5.91 Å². The Morgan fingerprint density at radius 3 is 2.91 bits per heavy atom. The molecule has 4 aliphatic carbocycles. The first-order chi connectivity index (χ1) is 15.4. The number of aryl methyl sites for hydroxylation is 2. The van der Waals surface area contributed by atoms with Gasteiger partial charge in [-0.15, -0.1) is 22.9 Å². The molecule has 6 rings (SSSR count). The van der Waals surface area contributed by atoms with Crippen LogP contribution < -0.4 is 5.32 Å². The monoisotopic (exact) mass is 537 g/mol. The molecule has 2 heterocycles. The molecule has 32 heavy (non-hydrogen) atoms. The van der Waals surface area contributed by atoms with Crippen LogP contribution in [0.4, 0.5) is 0 Å². The topological polar surface area (TPSA) is 46.9 Å². The summed E-state index contributed by atoms with van der Waals surface area (Å²) in [4.78, 5) is 14.6. The minimum Gasteiger partial charge on any atom is -0.350 e. The zero-order chi connectivity index (χ0) is 22.5. The molecule has 3 unspecified atom stereocenters. The van der Waals surface area contributed by atoms with Crippen LogP contribution in [0.1, 0.15) is 74.0 Å². The van der Waals surface area contributed by atoms with Crippen LogP contribution in [0.3, 0.4) is 0 Å². The molecule has 1 N–H and O–H groups in total. The normalized spacial score (nSPS) is 25.1. The second-order valence-corrected chi connectivity index (χ2v) is 13.3. The lowest BCUT2D eigenvalue weighted by molar-refractivity contribution is -0.103. The number of fused-ring (bicyclic) bond motifs is 5. The predicted octanol–water partition coefficient (Wildman–Crippen LogP) is 6.68. The molecular formula is C25H33BrClN3OS. The number of nitrogens with zero attached hydrogens (tertiary/aromatic N) is 2. The Balaban J connectivity index is 1.35. The van der Waals surface area contributed by atoms with Gasteiger partial charge in [-0.2, -0.15) is 5.10 Å². The molecule has 0 radical (unpaired) electrons. The molecule has 2 bridgehead atoms. The molecule has 0 spiro atoms. The van der Waals surface area contributed by atoms with Crippen molar-refractivity contribution in [2.45, 2.75) is 71.8 Å². The van der Waals surface area contributed by atoms with E-state index >= 15 is 0 Å². The Morgan fingerprint density at radius 1 is 1.31 bits per heavy atom. The number of nitrogens with one attached hydrogen (secondary N) is 1. The van der Waals surface area contributed by atoms with Crippen LogP contribution in [0.2, 0.25) is 0 Å². The first-order valence-electron chi connectivity index (χ1n) is 12.1. The van der Waals surface area contributed by atoms with E-state index in [4.69, 9.17) is 16.7 Å². The van der Waals surface area contributed by atoms with Gasteiger partial charge in [0.05, 0.1) is 14.4 Å². The molecule has 4 nitrogen and oxygen atoms in total. The summed E-state index contributed by atoms with van der Waals surface area (Å²) in [7, 11) is 0. The maximum absolute atomic E-state index is 13.3. The van der Waals surface area contributed by atoms with E-state index in [0.29, 0.717) is 22.9 Å². The summed E-state index contributed by atoms with van der Waals surface area (Å²) in [5.41, 5.74) is 4.76. The van der Waals surface area contributed by atoms with Gasteiger partial charge in [-0.3, -0.25) is 9.48 Å². The van der Waals surface area contributed by atoms with Crippen molar-refractivity contribution in [1.82, 2.24) is 15.1 Å². The summed E-state index contributed by atoms with van der Waals surface area (Å²) in [6.45, 7) is 6.45. The molecule has 7 heteroatoms. The molecule has 174 valence electrons. The van der Waals surface area contributed by atoms with Crippen molar-refractivity contribution >= 4 is 44.8 Å². The summed E-state index contributed by atoms with van der Waals surface area (Å²) >= 11 is 11.3. The van der Waals surface area contributed by atoms with Gasteiger partial charge in [-0.05, 0) is 95.7 Å². The Morgan fingerprint density at radius 2 is 2.16 bits per heavy atom. The lowest BCUT2D eigenvalue weighted by Crippen LogP contribution is -2.54. The number of carbonyl (C=O) groups is 1. The number of unbranched alkanes of at least 4 members (excludes halogenated alkanes) is 2. The van der Waals surface area contributed by atoms with Gasteiger partial charge in [-0.25, -0.2) is 0 Å². The van der Waals surface area contributed by atoms with Gasteiger partial charge in [0, 0.05) is 24.5 Å². The fourth-order valence-electron chi connectivity index (χ4n) is 6.42. The standard InChI is InChI=1S/C25H33BrClN3OS/c1-25(2)17-8-6-16(19(25)13-17)14-28-24(31)21-18-9-7-15-12-20(26)32-23(15)22(18)30(29-21)11-5-3-4-10-27/h12,16-17,19H,3-11,13-14H2,1-2H3,(H,28,31). The third-order valence-electron chi connectivity index (χ3n) is 8.43. The summed E-state index contributed by atoms with van der Waals surface area (Å²) < 4.78 is 3.24. The highest BCUT2D eigenvalue weighted by Crippen LogP contribution is 2.61. The molecule has 3 fully saturated rings. The third-order valence-corrected chi connectivity index (χ3v) is 10.4. The predicted molar refractivity (Wildman–Crippen MR) is 136 cm³/mol. The van der Waals surface area contributed by atoms with Crippen molar-refractivity contribution in [1.29, 1.82) is 0 Å². The van der Waals surface area contributed by atoms with Gasteiger partial charge < -0.3 is 5.32 Å². The van der Waals surface area contributed by atoms with E-state index in [1.54, 1.807) is 11.3 Å². The van der Waals surface area contributed by atoms with Gasteiger partial charge in [0.15, 0.2) is 5.69 Å². The largest absolute Gasteiger partial charge is 0.350 e. The molecule has 0 aliphatic heterocycles. The number of rotatable bonds is 8. The number of hydrogen-bond acceptors (Lipinski definition) is 3. The zero-order valence-corrected chi connectivity index (χ0v) is 22.2. The van der Waals surface area contributed by atoms with E-state index in [-0.39, 0.29) is 5.91 Å². The highest BCUT2D eigenvalue weighted by atomic mass is 79.9. The van der Waals surface area contributed by atoms with Gasteiger partial charge in [-0.1, -0.05) is 20.3 Å². The number of halogens is 2. The summed E-state index contributed by atoms with van der Waals surface area (Å²) in [5, 5.41) is 8.17. The SMILES string of the molecule is CC1(C)C2CCC(CNC(=O)c3nn(CCCCCCl)c4c3CCc3cc(Br)sc3-4)C1C2. The van der Waals surface area contributed by atoms with Crippen LogP contribution in [0.15, 0.2) is 9.85 Å². The lowest BCUT2D eigenvalue weighted by Gasteiger charge is -2.60. The fourth-order valence-corrected chi connectivity index (χ4v) is 8.39. The first kappa shape index (κ1) is 22.9. The van der Waals surface area contributed by atoms with Crippen molar-refractivity contribution in [3.8, 4) is 10.6 Å². The highest BCUT2D eigenvalue weighted by Gasteiger charge is 2.54. The maximum atomic E-state index is 13.3. The van der Waals surface area contributed by atoms with Crippen LogP contribution in [0.25, 0.3) is 10.6 Å². The van der Waals surface area contributed by atoms with Crippen LogP contribution >= 0.6 is 38.9 Å². The van der Waals surface area contributed by atoms with Crippen molar-refractivity contribution in [2.75, 3.05) is 12.4 Å². The van der Waals surface area contributed by atoms with E-state index in [2.05, 4.69) is 45.8 Å². The first-order valence-corrected chi connectivity index (χ1v) is 14.3. The maximum Gasteiger partial charge on any atom is 0.272 e. The molecule has 3 atom stereocenters. The molecule has 3 saturated carbocycles. The number of amides is 1. The average molecular weight is 539 g/mol.